The number of fused-ring (bicyclic) bond motifs is 2. The Morgan fingerprint density at radius 1 is 1.27 bits per heavy atom. The molecule has 6 nitrogen and oxygen atoms in total. The summed E-state index contributed by atoms with van der Waals surface area (Å²) in [6, 6.07) is 9.00. The lowest BCUT2D eigenvalue weighted by Crippen LogP contribution is -2.22. The van der Waals surface area contributed by atoms with Crippen LogP contribution in [-0.2, 0) is 6.54 Å². The molecule has 0 aliphatic carbocycles. The largest absolute Gasteiger partial charge is 0.454 e. The van der Waals surface area contributed by atoms with Crippen molar-refractivity contribution < 1.29 is 14.3 Å². The number of benzene rings is 1. The highest BCUT2D eigenvalue weighted by atomic mass is 16.7. The molecule has 0 fully saturated rings. The molecule has 2 N–H and O–H groups in total. The molecule has 3 heterocycles. The highest BCUT2D eigenvalue weighted by molar-refractivity contribution is 5.95. The van der Waals surface area contributed by atoms with Gasteiger partial charge in [0, 0.05) is 29.9 Å². The van der Waals surface area contributed by atoms with E-state index in [0.717, 1.165) is 16.6 Å². The number of ether oxygens (including phenoxy) is 2. The van der Waals surface area contributed by atoms with Crippen LogP contribution in [0.15, 0.2) is 42.7 Å². The second kappa shape index (κ2) is 5.07. The normalized spacial score (nSPS) is 12.5. The van der Waals surface area contributed by atoms with Gasteiger partial charge in [0.15, 0.2) is 11.5 Å². The monoisotopic (exact) mass is 295 g/mol. The topological polar surface area (TPSA) is 76.2 Å². The number of carbonyl (C=O) groups is 1. The lowest BCUT2D eigenvalue weighted by molar-refractivity contribution is 0.0950. The quantitative estimate of drug-likeness (QED) is 0.777. The average molecular weight is 295 g/mol. The zero-order valence-electron chi connectivity index (χ0n) is 11.6. The van der Waals surface area contributed by atoms with Gasteiger partial charge in [-0.15, -0.1) is 0 Å². The Bertz CT molecular complexity index is 857. The Balaban J connectivity index is 1.50. The van der Waals surface area contributed by atoms with Gasteiger partial charge >= 0.3 is 0 Å². The second-order valence-electron chi connectivity index (χ2n) is 4.96. The van der Waals surface area contributed by atoms with E-state index in [2.05, 4.69) is 15.3 Å². The molecule has 110 valence electrons. The summed E-state index contributed by atoms with van der Waals surface area (Å²) in [6.07, 6.45) is 3.59. The van der Waals surface area contributed by atoms with Gasteiger partial charge < -0.3 is 19.8 Å². The maximum atomic E-state index is 12.2. The van der Waals surface area contributed by atoms with Crippen LogP contribution >= 0.6 is 0 Å². The Morgan fingerprint density at radius 2 is 2.18 bits per heavy atom. The Morgan fingerprint density at radius 3 is 3.14 bits per heavy atom. The molecule has 22 heavy (non-hydrogen) atoms. The number of aromatic nitrogens is 2. The molecule has 2 aromatic heterocycles. The molecule has 0 unspecified atom stereocenters. The van der Waals surface area contributed by atoms with E-state index in [1.54, 1.807) is 24.4 Å². The molecular weight excluding hydrogens is 282 g/mol. The molecule has 1 aliphatic heterocycles. The van der Waals surface area contributed by atoms with E-state index >= 15 is 0 Å². The minimum Gasteiger partial charge on any atom is -0.454 e. The molecule has 0 bridgehead atoms. The van der Waals surface area contributed by atoms with Crippen LogP contribution in [0.1, 0.15) is 15.9 Å². The molecule has 6 heteroatoms. The molecular formula is C16H13N3O3. The maximum absolute atomic E-state index is 12.2. The van der Waals surface area contributed by atoms with Gasteiger partial charge in [0.1, 0.15) is 5.65 Å². The first-order valence-corrected chi connectivity index (χ1v) is 6.90. The first kappa shape index (κ1) is 12.7. The van der Waals surface area contributed by atoms with Gasteiger partial charge in [0.25, 0.3) is 5.91 Å². The average Bonchev–Trinajstić information content (AvgIpc) is 3.18. The fourth-order valence-corrected chi connectivity index (χ4v) is 2.47. The van der Waals surface area contributed by atoms with Crippen molar-refractivity contribution in [3.05, 3.63) is 53.9 Å². The smallest absolute Gasteiger partial charge is 0.251 e. The molecule has 0 spiro atoms. The number of amides is 1. The summed E-state index contributed by atoms with van der Waals surface area (Å²) >= 11 is 0. The Labute approximate surface area is 126 Å². The van der Waals surface area contributed by atoms with Crippen molar-refractivity contribution in [2.24, 2.45) is 0 Å². The van der Waals surface area contributed by atoms with Gasteiger partial charge in [0.05, 0.1) is 0 Å². The molecule has 3 aromatic rings. The van der Waals surface area contributed by atoms with E-state index in [1.165, 1.54) is 0 Å². The number of carbonyl (C=O) groups excluding carboxylic acids is 1. The van der Waals surface area contributed by atoms with Gasteiger partial charge in [-0.25, -0.2) is 4.98 Å². The number of rotatable bonds is 3. The van der Waals surface area contributed by atoms with Crippen LogP contribution in [0.2, 0.25) is 0 Å². The SMILES string of the molecule is O=C(NCc1c[nH]c2ncccc12)c1ccc2c(c1)OCO2. The number of H-pyrrole nitrogens is 1. The van der Waals surface area contributed by atoms with Crippen LogP contribution in [0.5, 0.6) is 11.5 Å². The summed E-state index contributed by atoms with van der Waals surface area (Å²) in [4.78, 5) is 19.6. The highest BCUT2D eigenvalue weighted by Gasteiger charge is 2.16. The van der Waals surface area contributed by atoms with Crippen molar-refractivity contribution in [3.63, 3.8) is 0 Å². The minimum absolute atomic E-state index is 0.156. The maximum Gasteiger partial charge on any atom is 0.251 e. The standard InChI is InChI=1S/C16H13N3O3/c20-16(10-3-4-13-14(6-10)22-9-21-13)19-8-11-7-18-15-12(11)2-1-5-17-15/h1-7H,8-9H2,(H,17,18)(H,19,20). The van der Waals surface area contributed by atoms with E-state index in [1.807, 2.05) is 18.3 Å². The van der Waals surface area contributed by atoms with Crippen LogP contribution in [0.25, 0.3) is 11.0 Å². The zero-order chi connectivity index (χ0) is 14.9. The van der Waals surface area contributed by atoms with Gasteiger partial charge in [-0.3, -0.25) is 4.79 Å². The first-order chi connectivity index (χ1) is 10.8. The molecule has 0 saturated carbocycles. The molecule has 4 rings (SSSR count). The van der Waals surface area contributed by atoms with E-state index in [9.17, 15) is 4.79 Å². The van der Waals surface area contributed by atoms with E-state index in [4.69, 9.17) is 9.47 Å². The predicted molar refractivity (Wildman–Crippen MR) is 79.8 cm³/mol. The summed E-state index contributed by atoms with van der Waals surface area (Å²) in [7, 11) is 0. The van der Waals surface area contributed by atoms with Gasteiger partial charge in [-0.1, -0.05) is 0 Å². The van der Waals surface area contributed by atoms with Crippen LogP contribution in [0.4, 0.5) is 0 Å². The fraction of sp³-hybridized carbons (Fsp3) is 0.125. The molecule has 0 atom stereocenters. The van der Waals surface area contributed by atoms with Gasteiger partial charge in [-0.2, -0.15) is 0 Å². The molecule has 1 aromatic carbocycles. The predicted octanol–water partition coefficient (Wildman–Crippen LogP) is 2.22. The van der Waals surface area contributed by atoms with Crippen LogP contribution in [0, 0.1) is 0 Å². The number of hydrogen-bond acceptors (Lipinski definition) is 4. The second-order valence-corrected chi connectivity index (χ2v) is 4.96. The van der Waals surface area contributed by atoms with Crippen LogP contribution in [0.3, 0.4) is 0 Å². The van der Waals surface area contributed by atoms with Crippen LogP contribution in [-0.4, -0.2) is 22.7 Å². The summed E-state index contributed by atoms with van der Waals surface area (Å²) in [5.41, 5.74) is 2.36. The highest BCUT2D eigenvalue weighted by Crippen LogP contribution is 2.32. The van der Waals surface area contributed by atoms with Crippen LogP contribution < -0.4 is 14.8 Å². The first-order valence-electron chi connectivity index (χ1n) is 6.90. The van der Waals surface area contributed by atoms with Gasteiger partial charge in [0.2, 0.25) is 6.79 Å². The van der Waals surface area contributed by atoms with Crippen molar-refractivity contribution in [3.8, 4) is 11.5 Å². The third kappa shape index (κ3) is 2.14. The number of nitrogens with one attached hydrogen (secondary N) is 2. The van der Waals surface area contributed by atoms with Crippen molar-refractivity contribution in [2.75, 3.05) is 6.79 Å². The number of hydrogen-bond donors (Lipinski definition) is 2. The van der Waals surface area contributed by atoms with E-state index in [0.29, 0.717) is 23.6 Å². The third-order valence-corrected chi connectivity index (χ3v) is 3.61. The van der Waals surface area contributed by atoms with Crippen molar-refractivity contribution >= 4 is 16.9 Å². The molecule has 0 radical (unpaired) electrons. The number of nitrogens with zero attached hydrogens (tertiary/aromatic N) is 1. The number of pyridine rings is 1. The number of aromatic amines is 1. The van der Waals surface area contributed by atoms with E-state index in [-0.39, 0.29) is 12.7 Å². The summed E-state index contributed by atoms with van der Waals surface area (Å²) in [5, 5.41) is 3.91. The molecule has 1 aliphatic rings. The summed E-state index contributed by atoms with van der Waals surface area (Å²) < 4.78 is 10.5. The van der Waals surface area contributed by atoms with Crippen molar-refractivity contribution in [1.82, 2.24) is 15.3 Å². The summed E-state index contributed by atoms with van der Waals surface area (Å²) in [6.45, 7) is 0.627. The van der Waals surface area contributed by atoms with Crippen molar-refractivity contribution in [1.29, 1.82) is 0 Å². The zero-order valence-corrected chi connectivity index (χ0v) is 11.6. The fourth-order valence-electron chi connectivity index (χ4n) is 2.47. The summed E-state index contributed by atoms with van der Waals surface area (Å²) in [5.74, 6) is 1.11. The van der Waals surface area contributed by atoms with Gasteiger partial charge in [-0.05, 0) is 35.9 Å². The lowest BCUT2D eigenvalue weighted by Gasteiger charge is -2.05. The third-order valence-electron chi connectivity index (χ3n) is 3.61. The Kier molecular flexibility index (Phi) is 2.93. The van der Waals surface area contributed by atoms with Crippen molar-refractivity contribution in [2.45, 2.75) is 6.54 Å². The molecule has 0 saturated heterocycles. The lowest BCUT2D eigenvalue weighted by atomic mass is 10.1. The Hall–Kier alpha value is -3.02. The minimum atomic E-state index is -0.156. The molecule has 1 amide bonds. The van der Waals surface area contributed by atoms with E-state index < -0.39 is 0 Å².